The minimum Gasteiger partial charge on any atom is -0.656 e. The van der Waals surface area contributed by atoms with E-state index in [-0.39, 0.29) is 21.1 Å². The molecule has 1 aliphatic rings. The number of rotatable bonds is 9. The van der Waals surface area contributed by atoms with E-state index < -0.39 is 0 Å². The van der Waals surface area contributed by atoms with Gasteiger partial charge in [0, 0.05) is 12.4 Å². The maximum Gasteiger partial charge on any atom is 4.00 e. The zero-order valence-electron chi connectivity index (χ0n) is 29.6. The third kappa shape index (κ3) is 8.52. The fourth-order valence-electron chi connectivity index (χ4n) is 5.88. The average molecular weight is 820 g/mol. The molecule has 48 heavy (non-hydrogen) atoms. The van der Waals surface area contributed by atoms with Crippen LogP contribution >= 0.6 is 0 Å². The van der Waals surface area contributed by atoms with Gasteiger partial charge in [0.2, 0.25) is 0 Å². The van der Waals surface area contributed by atoms with Crippen LogP contribution < -0.4 is 15.2 Å². The molecule has 0 atom stereocenters. The number of hydrogen-bond acceptors (Lipinski definition) is 5. The van der Waals surface area contributed by atoms with E-state index in [0.29, 0.717) is 17.8 Å². The second-order valence-corrected chi connectivity index (χ2v) is 13.1. The Labute approximate surface area is 302 Å². The van der Waals surface area contributed by atoms with Crippen molar-refractivity contribution >= 4 is 33.2 Å². The van der Waals surface area contributed by atoms with Crippen LogP contribution in [0.1, 0.15) is 82.9 Å². The zero-order valence-corrected chi connectivity index (χ0v) is 31.9. The molecule has 0 saturated carbocycles. The molecule has 0 bridgehead atoms. The number of allylic oxidation sites excluding steroid dienone is 1. The normalized spacial score (nSPS) is 12.8. The molecule has 0 radical (unpaired) electrons. The van der Waals surface area contributed by atoms with Crippen LogP contribution in [0.15, 0.2) is 91.7 Å². The van der Waals surface area contributed by atoms with Crippen LogP contribution in [0, 0.1) is 19.4 Å². The topological polar surface area (TPSA) is 48.7 Å². The fraction of sp³-hybridized carbons (Fsp3) is 0.293. The van der Waals surface area contributed by atoms with Gasteiger partial charge in [-0.25, -0.2) is 0 Å². The molecule has 5 aromatic rings. The summed E-state index contributed by atoms with van der Waals surface area (Å²) in [6.07, 6.45) is 11.8. The summed E-state index contributed by atoms with van der Waals surface area (Å²) in [6.45, 7) is 19.8. The van der Waals surface area contributed by atoms with E-state index in [9.17, 15) is 0 Å². The molecule has 1 N–H and O–H groups in total. The van der Waals surface area contributed by atoms with Crippen LogP contribution in [0.4, 0.5) is 11.4 Å². The maximum absolute atomic E-state index is 4.45. The molecule has 3 aromatic carbocycles. The van der Waals surface area contributed by atoms with Gasteiger partial charge >= 0.3 is 21.1 Å². The van der Waals surface area contributed by atoms with Gasteiger partial charge in [0.25, 0.3) is 0 Å². The smallest absolute Gasteiger partial charge is 0.656 e. The summed E-state index contributed by atoms with van der Waals surface area (Å²) in [6, 6.07) is 23.0. The molecule has 6 rings (SSSR count). The molecule has 6 nitrogen and oxygen atoms in total. The van der Waals surface area contributed by atoms with Crippen LogP contribution in [0.25, 0.3) is 32.9 Å². The Bertz CT molecular complexity index is 1790. The third-order valence-electron chi connectivity index (χ3n) is 8.37. The maximum atomic E-state index is 4.45. The van der Waals surface area contributed by atoms with Gasteiger partial charge in [-0.05, 0) is 96.5 Å². The van der Waals surface area contributed by atoms with Crippen molar-refractivity contribution in [3.8, 4) is 11.1 Å². The molecular weight excluding hydrogens is 772 g/mol. The monoisotopic (exact) mass is 819 g/mol. The molecule has 3 heterocycles. The van der Waals surface area contributed by atoms with Crippen LogP contribution in [0.5, 0.6) is 0 Å². The molecular formula is C41H48N6Pt. The van der Waals surface area contributed by atoms with Crippen molar-refractivity contribution in [2.75, 3.05) is 24.3 Å². The number of fused-ring (bicyclic) bond motifs is 3. The number of nitrogens with zero attached hydrogens (tertiary/aromatic N) is 5. The summed E-state index contributed by atoms with van der Waals surface area (Å²) in [5, 5.41) is 5.85. The third-order valence-corrected chi connectivity index (χ3v) is 8.37. The van der Waals surface area contributed by atoms with E-state index in [1.165, 1.54) is 38.6 Å². The molecule has 2 aromatic heterocycles. The van der Waals surface area contributed by atoms with Crippen molar-refractivity contribution in [2.24, 2.45) is 0 Å². The predicted octanol–water partition coefficient (Wildman–Crippen LogP) is 10.2. The Balaban J connectivity index is 0.000000306. The minimum atomic E-state index is 0. The number of anilines is 2. The van der Waals surface area contributed by atoms with Gasteiger partial charge in [0.1, 0.15) is 0 Å². The first-order valence-corrected chi connectivity index (χ1v) is 16.5. The van der Waals surface area contributed by atoms with Crippen LogP contribution in [-0.2, 0) is 21.1 Å². The average Bonchev–Trinajstić information content (AvgIpc) is 3.67. The van der Waals surface area contributed by atoms with Crippen molar-refractivity contribution < 1.29 is 21.1 Å². The summed E-state index contributed by atoms with van der Waals surface area (Å²) in [5.74, 6) is 1.34. The number of pyridine rings is 1. The van der Waals surface area contributed by atoms with Crippen molar-refractivity contribution in [1.29, 1.82) is 0 Å². The van der Waals surface area contributed by atoms with Crippen LogP contribution in [0.2, 0.25) is 0 Å². The molecule has 0 aliphatic carbocycles. The molecule has 0 fully saturated rings. The van der Waals surface area contributed by atoms with E-state index in [4.69, 9.17) is 0 Å². The number of para-hydroxylation sites is 1. The summed E-state index contributed by atoms with van der Waals surface area (Å²) in [4.78, 5) is 14.7. The summed E-state index contributed by atoms with van der Waals surface area (Å²) in [7, 11) is 4.06. The van der Waals surface area contributed by atoms with Gasteiger partial charge < -0.3 is 25.0 Å². The van der Waals surface area contributed by atoms with Gasteiger partial charge in [-0.3, -0.25) is 4.98 Å². The fourth-order valence-corrected chi connectivity index (χ4v) is 5.88. The number of hydrogen-bond donors (Lipinski definition) is 1. The first-order chi connectivity index (χ1) is 22.5. The van der Waals surface area contributed by atoms with Crippen molar-refractivity contribution in [3.05, 3.63) is 128 Å². The van der Waals surface area contributed by atoms with Gasteiger partial charge in [0.05, 0.1) is 0 Å². The quantitative estimate of drug-likeness (QED) is 0.150. The molecule has 252 valence electrons. The second kappa shape index (κ2) is 16.4. The summed E-state index contributed by atoms with van der Waals surface area (Å²) in [5.41, 5.74) is 10.8. The molecule has 1 aliphatic heterocycles. The van der Waals surface area contributed by atoms with Crippen LogP contribution in [-0.4, -0.2) is 28.9 Å². The van der Waals surface area contributed by atoms with E-state index >= 15 is 0 Å². The van der Waals surface area contributed by atoms with E-state index in [1.807, 2.05) is 69.1 Å². The summed E-state index contributed by atoms with van der Waals surface area (Å²) >= 11 is 0. The Morgan fingerprint density at radius 1 is 0.917 bits per heavy atom. The van der Waals surface area contributed by atoms with E-state index in [1.54, 1.807) is 12.4 Å². The van der Waals surface area contributed by atoms with Crippen LogP contribution in [0.3, 0.4) is 0 Å². The first kappa shape index (κ1) is 36.8. The van der Waals surface area contributed by atoms with Gasteiger partial charge in [-0.2, -0.15) is 13.3 Å². The second-order valence-electron chi connectivity index (χ2n) is 13.1. The zero-order chi connectivity index (χ0) is 33.7. The summed E-state index contributed by atoms with van der Waals surface area (Å²) < 4.78 is 0. The van der Waals surface area contributed by atoms with Crippen molar-refractivity contribution in [2.45, 2.75) is 66.2 Å². The minimum absolute atomic E-state index is 0. The standard InChI is InChI=1S/C30H41N4.C11H7N2.Pt/c1-10-11-32(8)19-31-26-14-25(15-27(18-26)34-13-12-33(9)20-34)30-28(22(4)5)16-24(21(2)3)17-29(30)23(6)7;1-2-4-10-8(3-1)9-5-6-12-7-11(9)13-10;/h10-17,19-23,31H,1-9H3;1-7H;/q-3;-1;+4/b11-10-;;. The van der Waals surface area contributed by atoms with E-state index in [0.717, 1.165) is 22.4 Å². The Kier molecular flexibility index (Phi) is 12.6. The Morgan fingerprint density at radius 3 is 2.23 bits per heavy atom. The molecule has 0 amide bonds. The Hall–Kier alpha value is -4.02. The number of benzene rings is 3. The Morgan fingerprint density at radius 2 is 1.60 bits per heavy atom. The predicted molar refractivity (Wildman–Crippen MR) is 200 cm³/mol. The van der Waals surface area contributed by atoms with Crippen molar-refractivity contribution in [3.63, 3.8) is 0 Å². The first-order valence-electron chi connectivity index (χ1n) is 16.5. The SMILES string of the molecule is C/C=C\N(C)[CH-]Nc1[c-]c(N2C=CN(C)[CH-]2)cc(-c2c(C(C)C)cc(C(C)C)cc2C(C)C)c1.[Pt+4].c1ccc2c(c1)[n-]c1cnccc12. The molecule has 0 saturated heterocycles. The van der Waals surface area contributed by atoms with E-state index in [2.05, 4.69) is 122 Å². The number of aromatic nitrogens is 2. The van der Waals surface area contributed by atoms with Crippen molar-refractivity contribution in [1.82, 2.24) is 19.8 Å². The molecule has 0 unspecified atom stereocenters. The van der Waals surface area contributed by atoms with Gasteiger partial charge in [-0.1, -0.05) is 84.0 Å². The molecule has 0 spiro atoms. The largest absolute Gasteiger partial charge is 4.00 e. The van der Waals surface area contributed by atoms with Gasteiger partial charge in [-0.15, -0.1) is 46.2 Å². The molecule has 7 heteroatoms. The van der Waals surface area contributed by atoms with Gasteiger partial charge in [0.15, 0.2) is 0 Å². The number of nitrogens with one attached hydrogen (secondary N) is 1.